The van der Waals surface area contributed by atoms with Gasteiger partial charge < -0.3 is 4.98 Å². The lowest BCUT2D eigenvalue weighted by atomic mass is 10.2. The van der Waals surface area contributed by atoms with Crippen molar-refractivity contribution < 1.29 is 9.63 Å². The van der Waals surface area contributed by atoms with Crippen LogP contribution in [0, 0.1) is 0 Å². The molecule has 6 nitrogen and oxygen atoms in total. The summed E-state index contributed by atoms with van der Waals surface area (Å²) in [5.41, 5.74) is 1.13. The molecule has 3 rings (SSSR count). The minimum atomic E-state index is -0.119. The van der Waals surface area contributed by atoms with Crippen LogP contribution in [-0.4, -0.2) is 40.8 Å². The monoisotopic (exact) mass is 339 g/mol. The number of thioether (sulfide) groups is 1. The van der Waals surface area contributed by atoms with Crippen molar-refractivity contribution in [3.8, 4) is 0 Å². The lowest BCUT2D eigenvalue weighted by Gasteiger charge is -2.12. The molecule has 1 N–H and O–H groups in total. The zero-order chi connectivity index (χ0) is 15.7. The van der Waals surface area contributed by atoms with Crippen LogP contribution in [0.2, 0.25) is 0 Å². The third kappa shape index (κ3) is 2.90. The van der Waals surface area contributed by atoms with Gasteiger partial charge in [0.1, 0.15) is 10.7 Å². The molecule has 0 saturated heterocycles. The molecule has 0 atom stereocenters. The Morgan fingerprint density at radius 3 is 3.09 bits per heavy atom. The number of aromatic amines is 1. The molecule has 0 saturated carbocycles. The fraction of sp³-hybridized carbons (Fsp3) is 0.500. The van der Waals surface area contributed by atoms with E-state index >= 15 is 0 Å². The highest BCUT2D eigenvalue weighted by Crippen LogP contribution is 2.34. The van der Waals surface area contributed by atoms with Gasteiger partial charge in [-0.25, -0.2) is 10.0 Å². The van der Waals surface area contributed by atoms with Crippen LogP contribution in [0.25, 0.3) is 10.2 Å². The van der Waals surface area contributed by atoms with Crippen molar-refractivity contribution in [3.63, 3.8) is 0 Å². The van der Waals surface area contributed by atoms with E-state index in [-0.39, 0.29) is 17.2 Å². The first-order valence-electron chi connectivity index (χ1n) is 7.02. The number of hydrogen-bond donors (Lipinski definition) is 1. The van der Waals surface area contributed by atoms with E-state index in [1.807, 2.05) is 0 Å². The van der Waals surface area contributed by atoms with Crippen molar-refractivity contribution in [2.24, 2.45) is 0 Å². The molecule has 22 heavy (non-hydrogen) atoms. The largest absolute Gasteiger partial charge is 0.309 e. The topological polar surface area (TPSA) is 75.3 Å². The highest BCUT2D eigenvalue weighted by molar-refractivity contribution is 7.99. The van der Waals surface area contributed by atoms with Crippen LogP contribution in [0.15, 0.2) is 4.79 Å². The number of fused-ring (bicyclic) bond motifs is 3. The van der Waals surface area contributed by atoms with E-state index in [1.165, 1.54) is 34.4 Å². The van der Waals surface area contributed by atoms with Crippen LogP contribution >= 0.6 is 23.1 Å². The Morgan fingerprint density at radius 2 is 2.32 bits per heavy atom. The molecule has 0 bridgehead atoms. The first kappa shape index (κ1) is 15.5. The molecule has 2 aromatic heterocycles. The summed E-state index contributed by atoms with van der Waals surface area (Å²) >= 11 is 3.03. The van der Waals surface area contributed by atoms with E-state index in [0.29, 0.717) is 11.6 Å². The molecule has 0 aliphatic heterocycles. The summed E-state index contributed by atoms with van der Waals surface area (Å²) < 4.78 is 0. The summed E-state index contributed by atoms with van der Waals surface area (Å²) in [4.78, 5) is 38.2. The predicted octanol–water partition coefficient (Wildman–Crippen LogP) is 1.73. The first-order chi connectivity index (χ1) is 10.6. The molecule has 1 aliphatic carbocycles. The summed E-state index contributed by atoms with van der Waals surface area (Å²) in [6, 6.07) is 0. The molecule has 0 fully saturated rings. The summed E-state index contributed by atoms with van der Waals surface area (Å²) in [5.74, 6) is 1.28. The molecule has 1 amide bonds. The van der Waals surface area contributed by atoms with Gasteiger partial charge in [0.2, 0.25) is 0 Å². The molecule has 1 aliphatic rings. The maximum absolute atomic E-state index is 12.3. The highest BCUT2D eigenvalue weighted by Gasteiger charge is 2.21. The lowest BCUT2D eigenvalue weighted by molar-refractivity contribution is -0.165. The molecular weight excluding hydrogens is 322 g/mol. The fourth-order valence-electron chi connectivity index (χ4n) is 2.54. The molecule has 0 aromatic carbocycles. The van der Waals surface area contributed by atoms with E-state index in [2.05, 4.69) is 9.97 Å². The molecule has 2 aromatic rings. The summed E-state index contributed by atoms with van der Waals surface area (Å²) in [6.07, 6.45) is 3.16. The zero-order valence-electron chi connectivity index (χ0n) is 12.5. The van der Waals surface area contributed by atoms with Gasteiger partial charge in [-0.05, 0) is 24.8 Å². The van der Waals surface area contributed by atoms with Crippen LogP contribution in [0.1, 0.15) is 22.7 Å². The van der Waals surface area contributed by atoms with Crippen molar-refractivity contribution in [1.29, 1.82) is 0 Å². The number of aromatic nitrogens is 2. The number of carbonyl (C=O) groups is 1. The van der Waals surface area contributed by atoms with Crippen molar-refractivity contribution in [1.82, 2.24) is 15.0 Å². The second kappa shape index (κ2) is 6.39. The number of thiophene rings is 1. The van der Waals surface area contributed by atoms with Crippen molar-refractivity contribution >= 4 is 39.2 Å². The molecule has 0 unspecified atom stereocenters. The van der Waals surface area contributed by atoms with Gasteiger partial charge >= 0.3 is 0 Å². The number of hydroxylamine groups is 2. The lowest BCUT2D eigenvalue weighted by Crippen LogP contribution is -2.27. The quantitative estimate of drug-likeness (QED) is 0.840. The van der Waals surface area contributed by atoms with E-state index < -0.39 is 0 Å². The smallest absolute Gasteiger partial charge is 0.259 e. The first-order valence-corrected chi connectivity index (χ1v) is 8.99. The summed E-state index contributed by atoms with van der Waals surface area (Å²) in [7, 11) is 3.02. The third-order valence-corrected chi connectivity index (χ3v) is 5.83. The van der Waals surface area contributed by atoms with Gasteiger partial charge in [-0.2, -0.15) is 0 Å². The zero-order valence-corrected chi connectivity index (χ0v) is 14.1. The Morgan fingerprint density at radius 1 is 1.50 bits per heavy atom. The molecule has 118 valence electrons. The maximum atomic E-state index is 12.3. The van der Waals surface area contributed by atoms with E-state index in [4.69, 9.17) is 4.84 Å². The standard InChI is InChI=1S/C14H17N3O3S2/c1-17(20-2)11(18)7-21-6-10-15-13(19)12-8-4-3-5-9(8)22-14(12)16-10/h3-7H2,1-2H3,(H,15,16,19). The number of hydrogen-bond acceptors (Lipinski definition) is 6. The van der Waals surface area contributed by atoms with Gasteiger partial charge in [0, 0.05) is 11.9 Å². The Labute approximate surface area is 135 Å². The average Bonchev–Trinajstić information content (AvgIpc) is 3.06. The van der Waals surface area contributed by atoms with Crippen LogP contribution in [0.5, 0.6) is 0 Å². The fourth-order valence-corrected chi connectivity index (χ4v) is 4.61. The number of nitrogens with zero attached hydrogens (tertiary/aromatic N) is 2. The van der Waals surface area contributed by atoms with Gasteiger partial charge in [-0.1, -0.05) is 0 Å². The predicted molar refractivity (Wildman–Crippen MR) is 88.2 cm³/mol. The number of nitrogens with one attached hydrogen (secondary N) is 1. The van der Waals surface area contributed by atoms with Crippen molar-refractivity contribution in [2.75, 3.05) is 19.9 Å². The SMILES string of the molecule is CON(C)C(=O)CSCc1nc2sc3c(c2c(=O)[nH]1)CCC3. The van der Waals surface area contributed by atoms with Crippen LogP contribution in [-0.2, 0) is 28.2 Å². The number of carbonyl (C=O) groups excluding carboxylic acids is 1. The molecule has 0 radical (unpaired) electrons. The van der Waals surface area contributed by atoms with Gasteiger partial charge in [0.25, 0.3) is 11.5 Å². The minimum Gasteiger partial charge on any atom is -0.309 e. The Hall–Kier alpha value is -1.38. The van der Waals surface area contributed by atoms with E-state index in [1.54, 1.807) is 18.4 Å². The number of H-pyrrole nitrogens is 1. The van der Waals surface area contributed by atoms with Crippen LogP contribution in [0.4, 0.5) is 0 Å². The Bertz CT molecular complexity index is 769. The van der Waals surface area contributed by atoms with Gasteiger partial charge in [-0.3, -0.25) is 14.4 Å². The van der Waals surface area contributed by atoms with Crippen molar-refractivity contribution in [3.05, 3.63) is 26.6 Å². The average molecular weight is 339 g/mol. The second-order valence-electron chi connectivity index (χ2n) is 5.12. The van der Waals surface area contributed by atoms with E-state index in [9.17, 15) is 9.59 Å². The van der Waals surface area contributed by atoms with E-state index in [0.717, 1.165) is 29.5 Å². The molecule has 8 heteroatoms. The molecule has 2 heterocycles. The van der Waals surface area contributed by atoms with Crippen LogP contribution < -0.4 is 5.56 Å². The highest BCUT2D eigenvalue weighted by atomic mass is 32.2. The molecular formula is C14H17N3O3S2. The number of rotatable bonds is 5. The Balaban J connectivity index is 1.73. The Kier molecular flexibility index (Phi) is 4.51. The normalized spacial score (nSPS) is 13.5. The summed E-state index contributed by atoms with van der Waals surface area (Å²) in [6.45, 7) is 0. The minimum absolute atomic E-state index is 0.0552. The van der Waals surface area contributed by atoms with Gasteiger partial charge in [-0.15, -0.1) is 23.1 Å². The van der Waals surface area contributed by atoms with Crippen molar-refractivity contribution in [2.45, 2.75) is 25.0 Å². The van der Waals surface area contributed by atoms with Crippen LogP contribution in [0.3, 0.4) is 0 Å². The maximum Gasteiger partial charge on any atom is 0.259 e. The number of aryl methyl sites for hydroxylation is 2. The summed E-state index contributed by atoms with van der Waals surface area (Å²) in [5, 5.41) is 1.96. The second-order valence-corrected chi connectivity index (χ2v) is 7.19. The number of amides is 1. The third-order valence-electron chi connectivity index (χ3n) is 3.71. The van der Waals surface area contributed by atoms with Gasteiger partial charge in [0.05, 0.1) is 24.0 Å². The van der Waals surface area contributed by atoms with Gasteiger partial charge in [0.15, 0.2) is 0 Å². The molecule has 0 spiro atoms.